The maximum Gasteiger partial charge on any atom is 0.248 e. The quantitative estimate of drug-likeness (QED) is 0.532. The summed E-state index contributed by atoms with van der Waals surface area (Å²) in [5.41, 5.74) is 1.77. The van der Waals surface area contributed by atoms with Gasteiger partial charge in [0.2, 0.25) is 5.91 Å². The smallest absolute Gasteiger partial charge is 0.248 e. The van der Waals surface area contributed by atoms with Gasteiger partial charge in [-0.25, -0.2) is 4.39 Å². The lowest BCUT2D eigenvalue weighted by molar-refractivity contribution is -0.111. The first-order chi connectivity index (χ1) is 14.5. The summed E-state index contributed by atoms with van der Waals surface area (Å²) in [6.45, 7) is 0.617. The van der Waals surface area contributed by atoms with Crippen molar-refractivity contribution < 1.29 is 18.7 Å². The van der Waals surface area contributed by atoms with E-state index in [4.69, 9.17) is 21.1 Å². The number of anilines is 1. The topological polar surface area (TPSA) is 65.4 Å². The summed E-state index contributed by atoms with van der Waals surface area (Å²) in [7, 11) is 3.19. The highest BCUT2D eigenvalue weighted by molar-refractivity contribution is 6.32. The van der Waals surface area contributed by atoms with Gasteiger partial charge in [-0.05, 0) is 42.3 Å². The minimum absolute atomic E-state index is 0.167. The van der Waals surface area contributed by atoms with Crippen LogP contribution in [0.2, 0.25) is 5.02 Å². The molecular weight excluding hydrogens is 409 g/mol. The summed E-state index contributed by atoms with van der Waals surface area (Å²) in [6.07, 6.45) is 6.57. The van der Waals surface area contributed by atoms with Gasteiger partial charge < -0.3 is 14.8 Å². The lowest BCUT2D eigenvalue weighted by atomic mass is 10.1. The molecule has 0 aliphatic heterocycles. The number of nitrogens with one attached hydrogen (secondary N) is 1. The number of carbonyl (C=O) groups excluding carboxylic acids is 1. The Kier molecular flexibility index (Phi) is 7.08. The Bertz CT molecular complexity index is 1050. The van der Waals surface area contributed by atoms with Crippen LogP contribution in [0.25, 0.3) is 6.08 Å². The second kappa shape index (κ2) is 9.93. The van der Waals surface area contributed by atoms with Crippen molar-refractivity contribution in [1.29, 1.82) is 0 Å². The van der Waals surface area contributed by atoms with Crippen molar-refractivity contribution in [2.45, 2.75) is 13.0 Å². The van der Waals surface area contributed by atoms with Crippen molar-refractivity contribution in [2.75, 3.05) is 19.5 Å². The predicted molar refractivity (Wildman–Crippen MR) is 115 cm³/mol. The second-order valence-electron chi connectivity index (χ2n) is 6.39. The van der Waals surface area contributed by atoms with Gasteiger partial charge in [0.25, 0.3) is 0 Å². The van der Waals surface area contributed by atoms with E-state index in [1.807, 2.05) is 18.2 Å². The second-order valence-corrected chi connectivity index (χ2v) is 6.80. The highest BCUT2D eigenvalue weighted by atomic mass is 35.5. The molecule has 0 unspecified atom stereocenters. The van der Waals surface area contributed by atoms with Crippen molar-refractivity contribution >= 4 is 29.3 Å². The third kappa shape index (κ3) is 5.39. The first kappa shape index (κ1) is 21.4. The molecule has 156 valence electrons. The molecule has 0 atom stereocenters. The number of carbonyl (C=O) groups is 1. The van der Waals surface area contributed by atoms with E-state index in [1.54, 1.807) is 37.4 Å². The molecular formula is C22H21ClFN3O3. The molecule has 0 bridgehead atoms. The van der Waals surface area contributed by atoms with Crippen LogP contribution in [-0.2, 0) is 17.8 Å². The summed E-state index contributed by atoms with van der Waals surface area (Å²) in [5, 5.41) is 7.18. The number of hydrogen-bond acceptors (Lipinski definition) is 4. The molecule has 1 amide bonds. The van der Waals surface area contributed by atoms with E-state index < -0.39 is 11.7 Å². The Morgan fingerprint density at radius 2 is 2.03 bits per heavy atom. The zero-order chi connectivity index (χ0) is 21.5. The molecule has 30 heavy (non-hydrogen) atoms. The fourth-order valence-corrected chi connectivity index (χ4v) is 3.07. The number of hydrogen-bond donors (Lipinski definition) is 1. The summed E-state index contributed by atoms with van der Waals surface area (Å²) < 4.78 is 26.0. The monoisotopic (exact) mass is 429 g/mol. The van der Waals surface area contributed by atoms with E-state index >= 15 is 0 Å². The zero-order valence-corrected chi connectivity index (χ0v) is 17.3. The van der Waals surface area contributed by atoms with Crippen LogP contribution in [-0.4, -0.2) is 29.9 Å². The molecule has 0 aliphatic carbocycles. The van der Waals surface area contributed by atoms with Crippen LogP contribution < -0.4 is 14.8 Å². The molecule has 3 aromatic rings. The molecule has 0 spiro atoms. The number of amides is 1. The number of aromatic nitrogens is 2. The van der Waals surface area contributed by atoms with Crippen LogP contribution in [0, 0.1) is 5.82 Å². The molecule has 3 rings (SSSR count). The zero-order valence-electron chi connectivity index (χ0n) is 16.6. The van der Waals surface area contributed by atoms with Crippen LogP contribution in [0.5, 0.6) is 11.5 Å². The lowest BCUT2D eigenvalue weighted by Gasteiger charge is -2.09. The van der Waals surface area contributed by atoms with Crippen molar-refractivity contribution in [1.82, 2.24) is 9.78 Å². The average molecular weight is 430 g/mol. The fraction of sp³-hybridized carbons (Fsp3) is 0.182. The Labute approximate surface area is 178 Å². The maximum absolute atomic E-state index is 13.8. The number of ether oxygens (including phenoxy) is 2. The van der Waals surface area contributed by atoms with Gasteiger partial charge in [-0.3, -0.25) is 9.48 Å². The number of benzene rings is 2. The molecule has 1 aromatic heterocycles. The van der Waals surface area contributed by atoms with Crippen molar-refractivity contribution in [2.24, 2.45) is 0 Å². The van der Waals surface area contributed by atoms with E-state index in [0.717, 1.165) is 12.0 Å². The fourth-order valence-electron chi connectivity index (χ4n) is 2.84. The molecule has 0 saturated carbocycles. The van der Waals surface area contributed by atoms with Crippen molar-refractivity contribution in [3.05, 3.63) is 76.8 Å². The SMILES string of the molecule is COc1ccc(CCn2cc(NC(=O)/C=C/c3c(F)cccc3Cl)cn2)cc1OC. The molecule has 0 fully saturated rings. The summed E-state index contributed by atoms with van der Waals surface area (Å²) in [4.78, 5) is 12.1. The summed E-state index contributed by atoms with van der Waals surface area (Å²) >= 11 is 5.95. The molecule has 1 heterocycles. The predicted octanol–water partition coefficient (Wildman–Crippen LogP) is 4.59. The van der Waals surface area contributed by atoms with E-state index in [-0.39, 0.29) is 10.6 Å². The Balaban J connectivity index is 1.57. The number of methoxy groups -OCH3 is 2. The van der Waals surface area contributed by atoms with Gasteiger partial charge in [0.15, 0.2) is 11.5 Å². The van der Waals surface area contributed by atoms with Gasteiger partial charge in [-0.2, -0.15) is 5.10 Å². The van der Waals surface area contributed by atoms with Gasteiger partial charge in [-0.1, -0.05) is 23.7 Å². The van der Waals surface area contributed by atoms with Crippen LogP contribution in [0.4, 0.5) is 10.1 Å². The number of rotatable bonds is 8. The maximum atomic E-state index is 13.8. The van der Waals surface area contributed by atoms with Gasteiger partial charge in [0.1, 0.15) is 5.82 Å². The summed E-state index contributed by atoms with van der Waals surface area (Å²) in [6, 6.07) is 10.1. The average Bonchev–Trinajstić information content (AvgIpc) is 3.18. The van der Waals surface area contributed by atoms with Gasteiger partial charge >= 0.3 is 0 Å². The number of aryl methyl sites for hydroxylation is 2. The molecule has 6 nitrogen and oxygen atoms in total. The molecule has 2 aromatic carbocycles. The van der Waals surface area contributed by atoms with Crippen molar-refractivity contribution in [3.8, 4) is 11.5 Å². The van der Waals surface area contributed by atoms with Crippen LogP contribution in [0.15, 0.2) is 54.9 Å². The van der Waals surface area contributed by atoms with E-state index in [1.165, 1.54) is 24.3 Å². The minimum atomic E-state index is -0.491. The molecule has 0 aliphatic rings. The third-order valence-electron chi connectivity index (χ3n) is 4.38. The van der Waals surface area contributed by atoms with Crippen LogP contribution in [0.1, 0.15) is 11.1 Å². The first-order valence-corrected chi connectivity index (χ1v) is 9.54. The third-order valence-corrected chi connectivity index (χ3v) is 4.71. The Hall–Kier alpha value is -3.32. The number of halogens is 2. The Morgan fingerprint density at radius 3 is 2.77 bits per heavy atom. The van der Waals surface area contributed by atoms with E-state index in [9.17, 15) is 9.18 Å². The number of nitrogens with zero attached hydrogens (tertiary/aromatic N) is 2. The minimum Gasteiger partial charge on any atom is -0.493 e. The largest absolute Gasteiger partial charge is 0.493 e. The van der Waals surface area contributed by atoms with Crippen LogP contribution >= 0.6 is 11.6 Å². The molecule has 8 heteroatoms. The summed E-state index contributed by atoms with van der Waals surface area (Å²) in [5.74, 6) is 0.448. The van der Waals surface area contributed by atoms with E-state index in [2.05, 4.69) is 10.4 Å². The van der Waals surface area contributed by atoms with Crippen LogP contribution in [0.3, 0.4) is 0 Å². The highest BCUT2D eigenvalue weighted by Crippen LogP contribution is 2.27. The van der Waals surface area contributed by atoms with Gasteiger partial charge in [-0.15, -0.1) is 0 Å². The van der Waals surface area contributed by atoms with Gasteiger partial charge in [0, 0.05) is 24.4 Å². The van der Waals surface area contributed by atoms with E-state index in [0.29, 0.717) is 23.7 Å². The standard InChI is InChI=1S/C22H21ClFN3O3/c1-29-20-8-6-15(12-21(20)30-2)10-11-27-14-16(13-25-27)26-22(28)9-7-17-18(23)4-3-5-19(17)24/h3-9,12-14H,10-11H2,1-2H3,(H,26,28)/b9-7+. The molecule has 0 saturated heterocycles. The highest BCUT2D eigenvalue weighted by Gasteiger charge is 2.07. The lowest BCUT2D eigenvalue weighted by Crippen LogP contribution is -2.07. The van der Waals surface area contributed by atoms with Gasteiger partial charge in [0.05, 0.1) is 31.1 Å². The Morgan fingerprint density at radius 1 is 1.23 bits per heavy atom. The molecule has 0 radical (unpaired) electrons. The first-order valence-electron chi connectivity index (χ1n) is 9.16. The normalized spacial score (nSPS) is 10.9. The van der Waals surface area contributed by atoms with Crippen molar-refractivity contribution in [3.63, 3.8) is 0 Å². The molecule has 1 N–H and O–H groups in total.